The smallest absolute Gasteiger partial charge is 0.279 e. The molecule has 1 amide bonds. The number of hydroxylamine groups is 2. The fraction of sp³-hybridized carbons (Fsp3) is 0.200. The maximum Gasteiger partial charge on any atom is 0.279 e. The molecule has 0 fully saturated rings. The highest BCUT2D eigenvalue weighted by Crippen LogP contribution is 2.18. The molecule has 5 nitrogen and oxygen atoms in total. The van der Waals surface area contributed by atoms with Gasteiger partial charge in [0.2, 0.25) is 0 Å². The Bertz CT molecular complexity index is 538. The summed E-state index contributed by atoms with van der Waals surface area (Å²) in [4.78, 5) is 20.7. The second kappa shape index (κ2) is 4.11. The van der Waals surface area contributed by atoms with E-state index in [9.17, 15) is 4.79 Å². The van der Waals surface area contributed by atoms with Gasteiger partial charge in [-0.3, -0.25) is 9.63 Å². The molecule has 0 aliphatic carbocycles. The van der Waals surface area contributed by atoms with Gasteiger partial charge in [-0.15, -0.1) is 0 Å². The third-order valence-corrected chi connectivity index (χ3v) is 2.48. The molecule has 6 heteroatoms. The molecule has 0 aliphatic heterocycles. The zero-order chi connectivity index (χ0) is 11.7. The number of amides is 1. The van der Waals surface area contributed by atoms with E-state index in [-0.39, 0.29) is 5.91 Å². The predicted molar refractivity (Wildman–Crippen MR) is 59.3 cm³/mol. The van der Waals surface area contributed by atoms with Crippen molar-refractivity contribution >= 4 is 23.0 Å². The van der Waals surface area contributed by atoms with Crippen molar-refractivity contribution < 1.29 is 9.63 Å². The summed E-state index contributed by atoms with van der Waals surface area (Å²) in [6.07, 6.45) is 4.88. The Hall–Kier alpha value is -1.59. The molecule has 0 N–H and O–H groups in total. The molecular weight excluding hydrogens is 230 g/mol. The highest BCUT2D eigenvalue weighted by molar-refractivity contribution is 6.31. The van der Waals surface area contributed by atoms with Crippen LogP contribution in [0.5, 0.6) is 0 Å². The first-order chi connectivity index (χ1) is 7.63. The summed E-state index contributed by atoms with van der Waals surface area (Å²) in [5.74, 6) is -0.268. The van der Waals surface area contributed by atoms with Crippen molar-refractivity contribution in [2.45, 2.75) is 0 Å². The van der Waals surface area contributed by atoms with E-state index >= 15 is 0 Å². The molecular formula is C10H10ClN3O2. The lowest BCUT2D eigenvalue weighted by molar-refractivity contribution is -0.0755. The lowest BCUT2D eigenvalue weighted by Gasteiger charge is -2.14. The highest BCUT2D eigenvalue weighted by Gasteiger charge is 2.16. The van der Waals surface area contributed by atoms with E-state index in [1.54, 1.807) is 29.2 Å². The van der Waals surface area contributed by atoms with Crippen LogP contribution in [0.15, 0.2) is 24.8 Å². The van der Waals surface area contributed by atoms with Crippen LogP contribution < -0.4 is 0 Å². The molecule has 0 unspecified atom stereocenters. The van der Waals surface area contributed by atoms with Gasteiger partial charge < -0.3 is 4.40 Å². The van der Waals surface area contributed by atoms with E-state index < -0.39 is 0 Å². The molecule has 0 saturated heterocycles. The molecule has 2 aromatic rings. The summed E-state index contributed by atoms with van der Waals surface area (Å²) < 4.78 is 1.69. The molecule has 0 aromatic carbocycles. The van der Waals surface area contributed by atoms with E-state index in [0.29, 0.717) is 16.1 Å². The number of carbonyl (C=O) groups excluding carboxylic acids is 1. The summed E-state index contributed by atoms with van der Waals surface area (Å²) in [5, 5.41) is 1.61. The Morgan fingerprint density at radius 3 is 3.06 bits per heavy atom. The second-order valence-electron chi connectivity index (χ2n) is 3.24. The van der Waals surface area contributed by atoms with Gasteiger partial charge in [0.15, 0.2) is 0 Å². The van der Waals surface area contributed by atoms with Crippen molar-refractivity contribution in [1.29, 1.82) is 0 Å². The van der Waals surface area contributed by atoms with Crippen molar-refractivity contribution in [3.8, 4) is 0 Å². The van der Waals surface area contributed by atoms with Gasteiger partial charge in [0.05, 0.1) is 35.7 Å². The predicted octanol–water partition coefficient (Wildman–Crippen LogP) is 1.62. The Morgan fingerprint density at radius 1 is 1.62 bits per heavy atom. The summed E-state index contributed by atoms with van der Waals surface area (Å²) in [6.45, 7) is 0. The molecule has 2 aromatic heterocycles. The number of imidazole rings is 1. The maximum atomic E-state index is 11.9. The fourth-order valence-corrected chi connectivity index (χ4v) is 1.64. The summed E-state index contributed by atoms with van der Waals surface area (Å²) in [7, 11) is 2.96. The van der Waals surface area contributed by atoms with E-state index in [2.05, 4.69) is 4.98 Å². The van der Waals surface area contributed by atoms with Gasteiger partial charge in [-0.05, 0) is 6.07 Å². The summed E-state index contributed by atoms with van der Waals surface area (Å²) in [5.41, 5.74) is 1.15. The van der Waals surface area contributed by atoms with E-state index in [1.165, 1.54) is 14.2 Å². The number of carbonyl (C=O) groups is 1. The van der Waals surface area contributed by atoms with Crippen molar-refractivity contribution in [2.75, 3.05) is 14.2 Å². The molecule has 84 valence electrons. The minimum absolute atomic E-state index is 0.268. The van der Waals surface area contributed by atoms with Gasteiger partial charge in [0.25, 0.3) is 5.91 Å². The monoisotopic (exact) mass is 239 g/mol. The molecule has 0 spiro atoms. The topological polar surface area (TPSA) is 46.8 Å². The fourth-order valence-electron chi connectivity index (χ4n) is 1.42. The molecule has 2 heterocycles. The van der Waals surface area contributed by atoms with Crippen LogP contribution in [0, 0.1) is 0 Å². The molecule has 2 rings (SSSR count). The Balaban J connectivity index is 2.58. The second-order valence-corrected chi connectivity index (χ2v) is 3.68. The number of aromatic nitrogens is 2. The van der Waals surface area contributed by atoms with Crippen LogP contribution in [-0.4, -0.2) is 34.5 Å². The Morgan fingerprint density at radius 2 is 2.38 bits per heavy atom. The number of rotatable bonds is 2. The Kier molecular flexibility index (Phi) is 2.80. The van der Waals surface area contributed by atoms with Gasteiger partial charge in [-0.2, -0.15) is 0 Å². The average molecular weight is 240 g/mol. The molecule has 0 atom stereocenters. The quantitative estimate of drug-likeness (QED) is 0.749. The van der Waals surface area contributed by atoms with Crippen LogP contribution in [0.25, 0.3) is 5.52 Å². The number of nitrogens with zero attached hydrogens (tertiary/aromatic N) is 3. The molecule has 0 saturated carbocycles. The zero-order valence-electron chi connectivity index (χ0n) is 8.85. The first kappa shape index (κ1) is 10.9. The van der Waals surface area contributed by atoms with Crippen LogP contribution in [0.1, 0.15) is 10.4 Å². The van der Waals surface area contributed by atoms with Crippen LogP contribution in [0.4, 0.5) is 0 Å². The van der Waals surface area contributed by atoms with Crippen molar-refractivity contribution in [3.05, 3.63) is 35.4 Å². The van der Waals surface area contributed by atoms with Gasteiger partial charge in [-0.1, -0.05) is 11.6 Å². The average Bonchev–Trinajstić information content (AvgIpc) is 2.73. The summed E-state index contributed by atoms with van der Waals surface area (Å²) >= 11 is 5.91. The van der Waals surface area contributed by atoms with Crippen molar-refractivity contribution in [1.82, 2.24) is 14.4 Å². The van der Waals surface area contributed by atoms with Gasteiger partial charge in [-0.25, -0.2) is 10.0 Å². The van der Waals surface area contributed by atoms with Gasteiger partial charge >= 0.3 is 0 Å². The van der Waals surface area contributed by atoms with Gasteiger partial charge in [0.1, 0.15) is 0 Å². The lowest BCUT2D eigenvalue weighted by Crippen LogP contribution is -2.25. The van der Waals surface area contributed by atoms with Crippen LogP contribution in [0.2, 0.25) is 5.02 Å². The lowest BCUT2D eigenvalue weighted by atomic mass is 10.2. The Labute approximate surface area is 97.2 Å². The standard InChI is InChI=1S/C10H10ClN3O2/c1-13(16-2)10(15)8-3-7(11)5-14-6-12-4-9(8)14/h3-6H,1-2H3. The highest BCUT2D eigenvalue weighted by atomic mass is 35.5. The summed E-state index contributed by atoms with van der Waals surface area (Å²) in [6, 6.07) is 1.59. The molecule has 0 aliphatic rings. The number of fused-ring (bicyclic) bond motifs is 1. The van der Waals surface area contributed by atoms with Crippen molar-refractivity contribution in [2.24, 2.45) is 0 Å². The van der Waals surface area contributed by atoms with Crippen LogP contribution in [-0.2, 0) is 4.84 Å². The van der Waals surface area contributed by atoms with E-state index in [1.807, 2.05) is 0 Å². The minimum Gasteiger partial charge on any atom is -0.304 e. The minimum atomic E-state index is -0.268. The first-order valence-electron chi connectivity index (χ1n) is 4.57. The first-order valence-corrected chi connectivity index (χ1v) is 4.94. The van der Waals surface area contributed by atoms with Crippen molar-refractivity contribution in [3.63, 3.8) is 0 Å². The SMILES string of the molecule is CON(C)C(=O)c1cc(Cl)cn2cncc12. The van der Waals surface area contributed by atoms with E-state index in [4.69, 9.17) is 16.4 Å². The third-order valence-electron chi connectivity index (χ3n) is 2.28. The molecule has 0 radical (unpaired) electrons. The largest absolute Gasteiger partial charge is 0.304 e. The van der Waals surface area contributed by atoms with Crippen LogP contribution >= 0.6 is 11.6 Å². The van der Waals surface area contributed by atoms with Gasteiger partial charge in [0, 0.05) is 13.2 Å². The van der Waals surface area contributed by atoms with E-state index in [0.717, 1.165) is 5.06 Å². The number of hydrogen-bond donors (Lipinski definition) is 0. The maximum absolute atomic E-state index is 11.9. The normalized spacial score (nSPS) is 10.7. The molecule has 16 heavy (non-hydrogen) atoms. The molecule has 0 bridgehead atoms. The number of hydrogen-bond acceptors (Lipinski definition) is 3. The zero-order valence-corrected chi connectivity index (χ0v) is 9.60. The number of pyridine rings is 1. The number of halogens is 1. The van der Waals surface area contributed by atoms with Crippen LogP contribution in [0.3, 0.4) is 0 Å². The third kappa shape index (κ3) is 1.75.